The standard InChI is InChI=1S/C13H19N.CH4S/c1-11-3-2-4-13(9-11)10-12-5-7-14-8-6-12;1-2/h2-4,9,12,14H,5-8,10H2,1H3;2H,1H3. The van der Waals surface area contributed by atoms with Crippen molar-refractivity contribution in [3.05, 3.63) is 35.4 Å². The van der Waals surface area contributed by atoms with E-state index in [4.69, 9.17) is 0 Å². The van der Waals surface area contributed by atoms with Gasteiger partial charge in [0, 0.05) is 0 Å². The highest BCUT2D eigenvalue weighted by molar-refractivity contribution is 7.79. The monoisotopic (exact) mass is 237 g/mol. The first-order chi connectivity index (χ1) is 7.84. The van der Waals surface area contributed by atoms with Gasteiger partial charge in [-0.1, -0.05) is 29.8 Å². The zero-order valence-electron chi connectivity index (χ0n) is 10.4. The number of hydrogen-bond donors (Lipinski definition) is 2. The molecule has 0 spiro atoms. The smallest absolute Gasteiger partial charge is 0.00462 e. The molecule has 0 aliphatic carbocycles. The van der Waals surface area contributed by atoms with Gasteiger partial charge in [-0.05, 0) is 57.0 Å². The maximum atomic E-state index is 3.53. The van der Waals surface area contributed by atoms with Crippen LogP contribution in [0.4, 0.5) is 0 Å². The van der Waals surface area contributed by atoms with Crippen LogP contribution in [0.5, 0.6) is 0 Å². The molecule has 1 aromatic carbocycles. The Balaban J connectivity index is 0.000000606. The van der Waals surface area contributed by atoms with E-state index in [1.807, 2.05) is 0 Å². The summed E-state index contributed by atoms with van der Waals surface area (Å²) in [5.74, 6) is 0.901. The lowest BCUT2D eigenvalue weighted by atomic mass is 9.90. The largest absolute Gasteiger partial charge is 0.317 e. The molecule has 0 atom stereocenters. The Morgan fingerprint density at radius 1 is 1.25 bits per heavy atom. The van der Waals surface area contributed by atoms with E-state index in [-0.39, 0.29) is 0 Å². The Labute approximate surface area is 105 Å². The minimum Gasteiger partial charge on any atom is -0.317 e. The Bertz CT molecular complexity index is 293. The molecule has 90 valence electrons. The number of benzene rings is 1. The molecule has 2 rings (SSSR count). The molecule has 0 bridgehead atoms. The highest BCUT2D eigenvalue weighted by atomic mass is 32.1. The Morgan fingerprint density at radius 2 is 1.94 bits per heavy atom. The number of nitrogens with one attached hydrogen (secondary N) is 1. The van der Waals surface area contributed by atoms with Crippen molar-refractivity contribution in [1.29, 1.82) is 0 Å². The molecule has 1 aliphatic heterocycles. The zero-order chi connectivity index (χ0) is 11.8. The molecule has 1 fully saturated rings. The van der Waals surface area contributed by atoms with Crippen LogP contribution < -0.4 is 5.32 Å². The first-order valence-electron chi connectivity index (χ1n) is 6.05. The van der Waals surface area contributed by atoms with Gasteiger partial charge in [0.15, 0.2) is 0 Å². The van der Waals surface area contributed by atoms with Crippen molar-refractivity contribution in [1.82, 2.24) is 5.32 Å². The van der Waals surface area contributed by atoms with Crippen LogP contribution in [0.15, 0.2) is 24.3 Å². The fraction of sp³-hybridized carbons (Fsp3) is 0.571. The normalized spacial score (nSPS) is 16.4. The number of aryl methyl sites for hydroxylation is 1. The second kappa shape index (κ2) is 7.75. The zero-order valence-corrected chi connectivity index (χ0v) is 11.3. The average molecular weight is 237 g/mol. The van der Waals surface area contributed by atoms with Gasteiger partial charge in [0.1, 0.15) is 0 Å². The summed E-state index contributed by atoms with van der Waals surface area (Å²) in [5.41, 5.74) is 2.90. The van der Waals surface area contributed by atoms with E-state index in [9.17, 15) is 0 Å². The molecule has 0 saturated carbocycles. The highest BCUT2D eigenvalue weighted by Crippen LogP contribution is 2.18. The van der Waals surface area contributed by atoms with Gasteiger partial charge in [0.25, 0.3) is 0 Å². The molecule has 16 heavy (non-hydrogen) atoms. The minimum absolute atomic E-state index is 0.901. The summed E-state index contributed by atoms with van der Waals surface area (Å²) < 4.78 is 0. The van der Waals surface area contributed by atoms with Gasteiger partial charge in [-0.15, -0.1) is 0 Å². The van der Waals surface area contributed by atoms with Crippen molar-refractivity contribution >= 4 is 12.6 Å². The van der Waals surface area contributed by atoms with E-state index < -0.39 is 0 Å². The first kappa shape index (κ1) is 13.6. The van der Waals surface area contributed by atoms with Gasteiger partial charge in [-0.2, -0.15) is 12.6 Å². The predicted octanol–water partition coefficient (Wildman–Crippen LogP) is 3.08. The summed E-state index contributed by atoms with van der Waals surface area (Å²) in [7, 11) is 0. The fourth-order valence-corrected chi connectivity index (χ4v) is 2.26. The molecular formula is C14H23NS. The molecule has 0 aromatic heterocycles. The van der Waals surface area contributed by atoms with Crippen molar-refractivity contribution in [2.24, 2.45) is 5.92 Å². The number of hydrogen-bond acceptors (Lipinski definition) is 2. The lowest BCUT2D eigenvalue weighted by Gasteiger charge is -2.22. The average Bonchev–Trinajstić information content (AvgIpc) is 2.33. The summed E-state index contributed by atoms with van der Waals surface area (Å²) in [6.45, 7) is 4.58. The lowest BCUT2D eigenvalue weighted by molar-refractivity contribution is 0.372. The molecule has 2 heteroatoms. The van der Waals surface area contributed by atoms with E-state index in [0.717, 1.165) is 5.92 Å². The molecule has 1 N–H and O–H groups in total. The molecule has 0 amide bonds. The summed E-state index contributed by atoms with van der Waals surface area (Å²) in [5, 5.41) is 3.41. The maximum absolute atomic E-state index is 3.53. The third kappa shape index (κ3) is 4.58. The third-order valence-electron chi connectivity index (χ3n) is 3.07. The van der Waals surface area contributed by atoms with Crippen LogP contribution in [-0.2, 0) is 6.42 Å². The van der Waals surface area contributed by atoms with Crippen LogP contribution in [0.25, 0.3) is 0 Å². The van der Waals surface area contributed by atoms with Gasteiger partial charge < -0.3 is 5.32 Å². The molecular weight excluding hydrogens is 214 g/mol. The molecule has 1 saturated heterocycles. The molecule has 1 heterocycles. The number of piperidine rings is 1. The minimum atomic E-state index is 0.901. The predicted molar refractivity (Wildman–Crippen MR) is 75.4 cm³/mol. The Morgan fingerprint density at radius 3 is 2.56 bits per heavy atom. The summed E-state index contributed by atoms with van der Waals surface area (Å²) in [6.07, 6.45) is 5.64. The molecule has 1 aliphatic rings. The van der Waals surface area contributed by atoms with Crippen LogP contribution in [0, 0.1) is 12.8 Å². The Hall–Kier alpha value is -0.470. The van der Waals surface area contributed by atoms with Gasteiger partial charge in [-0.25, -0.2) is 0 Å². The van der Waals surface area contributed by atoms with Gasteiger partial charge >= 0.3 is 0 Å². The van der Waals surface area contributed by atoms with E-state index in [0.29, 0.717) is 0 Å². The SMILES string of the molecule is CS.Cc1cccc(CC2CCNCC2)c1. The van der Waals surface area contributed by atoms with E-state index in [1.54, 1.807) is 6.26 Å². The summed E-state index contributed by atoms with van der Waals surface area (Å²) >= 11 is 3.53. The van der Waals surface area contributed by atoms with Crippen LogP contribution in [0.1, 0.15) is 24.0 Å². The molecule has 1 aromatic rings. The number of thiol groups is 1. The van der Waals surface area contributed by atoms with Gasteiger partial charge in [0.2, 0.25) is 0 Å². The third-order valence-corrected chi connectivity index (χ3v) is 3.07. The van der Waals surface area contributed by atoms with Gasteiger partial charge in [0.05, 0.1) is 0 Å². The van der Waals surface area contributed by atoms with Crippen molar-refractivity contribution in [3.8, 4) is 0 Å². The van der Waals surface area contributed by atoms with Crippen LogP contribution in [0.2, 0.25) is 0 Å². The maximum Gasteiger partial charge on any atom is -0.00462 e. The molecule has 1 nitrogen and oxygen atoms in total. The fourth-order valence-electron chi connectivity index (χ4n) is 2.26. The highest BCUT2D eigenvalue weighted by Gasteiger charge is 2.12. The van der Waals surface area contributed by atoms with Crippen LogP contribution in [0.3, 0.4) is 0 Å². The van der Waals surface area contributed by atoms with Crippen molar-refractivity contribution in [2.75, 3.05) is 19.3 Å². The lowest BCUT2D eigenvalue weighted by Crippen LogP contribution is -2.28. The van der Waals surface area contributed by atoms with Crippen molar-refractivity contribution in [2.45, 2.75) is 26.2 Å². The van der Waals surface area contributed by atoms with Crippen molar-refractivity contribution < 1.29 is 0 Å². The summed E-state index contributed by atoms with van der Waals surface area (Å²) in [6, 6.07) is 8.93. The number of rotatable bonds is 2. The van der Waals surface area contributed by atoms with Crippen molar-refractivity contribution in [3.63, 3.8) is 0 Å². The van der Waals surface area contributed by atoms with Crippen LogP contribution >= 0.6 is 12.6 Å². The van der Waals surface area contributed by atoms with E-state index >= 15 is 0 Å². The van der Waals surface area contributed by atoms with E-state index in [2.05, 4.69) is 49.1 Å². The molecule has 0 radical (unpaired) electrons. The molecule has 0 unspecified atom stereocenters. The second-order valence-corrected chi connectivity index (χ2v) is 4.39. The van der Waals surface area contributed by atoms with E-state index in [1.165, 1.54) is 43.5 Å². The Kier molecular flexibility index (Phi) is 6.58. The summed E-state index contributed by atoms with van der Waals surface area (Å²) in [4.78, 5) is 0. The second-order valence-electron chi connectivity index (χ2n) is 4.39. The quantitative estimate of drug-likeness (QED) is 0.753. The van der Waals surface area contributed by atoms with Gasteiger partial charge in [-0.3, -0.25) is 0 Å². The topological polar surface area (TPSA) is 12.0 Å². The van der Waals surface area contributed by atoms with Crippen LogP contribution in [-0.4, -0.2) is 19.3 Å². The first-order valence-corrected chi connectivity index (χ1v) is 6.95.